The van der Waals surface area contributed by atoms with Gasteiger partial charge in [0.05, 0.1) is 5.56 Å². The van der Waals surface area contributed by atoms with Crippen molar-refractivity contribution < 1.29 is 24.2 Å². The molecule has 1 amide bonds. The Morgan fingerprint density at radius 2 is 1.32 bits per heavy atom. The quantitative estimate of drug-likeness (QED) is 0.224. The highest BCUT2D eigenvalue weighted by molar-refractivity contribution is 7.98. The molecular weight excluding hydrogens is 522 g/mol. The van der Waals surface area contributed by atoms with Crippen LogP contribution >= 0.6 is 11.8 Å². The molecule has 0 radical (unpaired) electrons. The van der Waals surface area contributed by atoms with Gasteiger partial charge in [-0.3, -0.25) is 4.79 Å². The van der Waals surface area contributed by atoms with Gasteiger partial charge in [0.1, 0.15) is 24.2 Å². The molecule has 0 unspecified atom stereocenters. The Morgan fingerprint density at radius 3 is 1.90 bits per heavy atom. The molecule has 0 aliphatic carbocycles. The molecule has 0 bridgehead atoms. The van der Waals surface area contributed by atoms with Crippen molar-refractivity contribution in [2.75, 3.05) is 19.3 Å². The fourth-order valence-electron chi connectivity index (χ4n) is 4.67. The minimum absolute atomic E-state index is 0.0829. The third-order valence-electron chi connectivity index (χ3n) is 7.02. The van der Waals surface area contributed by atoms with Crippen LogP contribution in [0.2, 0.25) is 0 Å². The number of likely N-dealkylation sites (tertiary alicyclic amines) is 1. The zero-order valence-electron chi connectivity index (χ0n) is 22.3. The van der Waals surface area contributed by atoms with Crippen LogP contribution in [0.5, 0.6) is 11.5 Å². The van der Waals surface area contributed by atoms with E-state index in [1.807, 2.05) is 84.0 Å². The summed E-state index contributed by atoms with van der Waals surface area (Å²) in [5.41, 5.74) is 3.98. The van der Waals surface area contributed by atoms with E-state index < -0.39 is 5.97 Å². The lowest BCUT2D eigenvalue weighted by Crippen LogP contribution is -2.41. The molecule has 6 nitrogen and oxygen atoms in total. The van der Waals surface area contributed by atoms with Crippen molar-refractivity contribution in [1.82, 2.24) is 4.90 Å². The molecule has 1 aliphatic heterocycles. The van der Waals surface area contributed by atoms with Crippen LogP contribution in [0.1, 0.15) is 39.1 Å². The maximum atomic E-state index is 12.8. The minimum Gasteiger partial charge on any atom is -0.490 e. The summed E-state index contributed by atoms with van der Waals surface area (Å²) in [4.78, 5) is 26.9. The fraction of sp³-hybridized carbons (Fsp3) is 0.212. The van der Waals surface area contributed by atoms with Gasteiger partial charge >= 0.3 is 5.97 Å². The lowest BCUT2D eigenvalue weighted by Gasteiger charge is -2.32. The Kier molecular flexibility index (Phi) is 8.71. The van der Waals surface area contributed by atoms with Crippen molar-refractivity contribution in [3.8, 4) is 22.6 Å². The number of piperidine rings is 1. The van der Waals surface area contributed by atoms with Crippen molar-refractivity contribution in [2.24, 2.45) is 0 Å². The number of carboxylic acid groups (broad SMARTS) is 1. The molecule has 1 heterocycles. The van der Waals surface area contributed by atoms with E-state index in [-0.39, 0.29) is 17.6 Å². The van der Waals surface area contributed by atoms with Gasteiger partial charge in [0.25, 0.3) is 5.91 Å². The van der Waals surface area contributed by atoms with Crippen LogP contribution in [0, 0.1) is 0 Å². The average molecular weight is 554 g/mol. The molecule has 4 aromatic rings. The first-order chi connectivity index (χ1) is 19.5. The van der Waals surface area contributed by atoms with E-state index in [2.05, 4.69) is 0 Å². The number of amides is 1. The van der Waals surface area contributed by atoms with Crippen LogP contribution in [-0.4, -0.2) is 47.3 Å². The molecule has 1 fully saturated rings. The maximum absolute atomic E-state index is 12.8. The van der Waals surface area contributed by atoms with Crippen molar-refractivity contribution in [3.63, 3.8) is 0 Å². The van der Waals surface area contributed by atoms with Crippen molar-refractivity contribution in [1.29, 1.82) is 0 Å². The highest BCUT2D eigenvalue weighted by Crippen LogP contribution is 2.25. The van der Waals surface area contributed by atoms with Crippen molar-refractivity contribution >= 4 is 23.6 Å². The third kappa shape index (κ3) is 6.85. The predicted molar refractivity (Wildman–Crippen MR) is 157 cm³/mol. The summed E-state index contributed by atoms with van der Waals surface area (Å²) in [5.74, 6) is 0.726. The van der Waals surface area contributed by atoms with Crippen molar-refractivity contribution in [3.05, 3.63) is 114 Å². The number of hydrogen-bond acceptors (Lipinski definition) is 5. The van der Waals surface area contributed by atoms with Gasteiger partial charge in [-0.2, -0.15) is 0 Å². The fourth-order valence-corrected chi connectivity index (χ4v) is 5.07. The first kappa shape index (κ1) is 27.3. The highest BCUT2D eigenvalue weighted by Gasteiger charge is 2.24. The van der Waals surface area contributed by atoms with Gasteiger partial charge in [0, 0.05) is 36.4 Å². The highest BCUT2D eigenvalue weighted by atomic mass is 32.2. The summed E-state index contributed by atoms with van der Waals surface area (Å²) >= 11 is 1.67. The van der Waals surface area contributed by atoms with E-state index >= 15 is 0 Å². The van der Waals surface area contributed by atoms with Crippen LogP contribution in [-0.2, 0) is 6.61 Å². The number of thioether (sulfide) groups is 1. The molecule has 0 atom stereocenters. The van der Waals surface area contributed by atoms with E-state index in [9.17, 15) is 9.59 Å². The summed E-state index contributed by atoms with van der Waals surface area (Å²) in [7, 11) is 0. The molecule has 0 saturated carbocycles. The second-order valence-corrected chi connectivity index (χ2v) is 10.6. The molecule has 7 heteroatoms. The third-order valence-corrected chi connectivity index (χ3v) is 7.76. The second kappa shape index (κ2) is 12.7. The van der Waals surface area contributed by atoms with Crippen LogP contribution in [0.3, 0.4) is 0 Å². The van der Waals surface area contributed by atoms with Gasteiger partial charge in [-0.1, -0.05) is 36.4 Å². The Hall–Kier alpha value is -4.23. The Labute approximate surface area is 238 Å². The van der Waals surface area contributed by atoms with E-state index in [0.29, 0.717) is 19.7 Å². The molecule has 4 aromatic carbocycles. The monoisotopic (exact) mass is 553 g/mol. The van der Waals surface area contributed by atoms with E-state index in [0.717, 1.165) is 51.5 Å². The van der Waals surface area contributed by atoms with Gasteiger partial charge in [-0.25, -0.2) is 4.79 Å². The van der Waals surface area contributed by atoms with E-state index in [1.165, 1.54) is 0 Å². The molecule has 0 aromatic heterocycles. The maximum Gasteiger partial charge on any atom is 0.335 e. The number of carbonyl (C=O) groups is 2. The van der Waals surface area contributed by atoms with Crippen LogP contribution in [0.4, 0.5) is 0 Å². The Bertz CT molecular complexity index is 1430. The largest absolute Gasteiger partial charge is 0.490 e. The number of ether oxygens (including phenoxy) is 2. The summed E-state index contributed by atoms with van der Waals surface area (Å²) in [6, 6.07) is 30.3. The normalized spacial score (nSPS) is 13.6. The van der Waals surface area contributed by atoms with Gasteiger partial charge in [0.15, 0.2) is 0 Å². The standard InChI is InChI=1S/C33H31NO5S/c1-40-31-16-10-26(11-17-31)32(35)34-20-18-30(19-21-34)39-29-12-2-23(3-13-29)22-38-28-14-8-25(9-15-28)24-4-6-27(7-5-24)33(36)37/h2-17,30H,18-22H2,1H3,(H,36,37). The molecule has 0 spiro atoms. The second-order valence-electron chi connectivity index (χ2n) is 9.68. The number of carbonyl (C=O) groups excluding carboxylic acids is 1. The molecule has 1 aliphatic rings. The molecule has 5 rings (SSSR count). The first-order valence-corrected chi connectivity index (χ1v) is 14.5. The van der Waals surface area contributed by atoms with E-state index in [4.69, 9.17) is 14.6 Å². The molecule has 204 valence electrons. The molecular formula is C33H31NO5S. The molecule has 1 saturated heterocycles. The number of rotatable bonds is 9. The Balaban J connectivity index is 1.07. The van der Waals surface area contributed by atoms with Crippen LogP contribution in [0.15, 0.2) is 102 Å². The topological polar surface area (TPSA) is 76.1 Å². The first-order valence-electron chi connectivity index (χ1n) is 13.2. The summed E-state index contributed by atoms with van der Waals surface area (Å²) in [6.07, 6.45) is 3.72. The number of benzene rings is 4. The van der Waals surface area contributed by atoms with Crippen LogP contribution in [0.25, 0.3) is 11.1 Å². The molecule has 40 heavy (non-hydrogen) atoms. The Morgan fingerprint density at radius 1 is 0.775 bits per heavy atom. The minimum atomic E-state index is -0.933. The lowest BCUT2D eigenvalue weighted by atomic mass is 10.0. The zero-order valence-corrected chi connectivity index (χ0v) is 23.1. The van der Waals surface area contributed by atoms with Gasteiger partial charge in [-0.15, -0.1) is 11.8 Å². The van der Waals surface area contributed by atoms with Gasteiger partial charge < -0.3 is 19.5 Å². The smallest absolute Gasteiger partial charge is 0.335 e. The van der Waals surface area contributed by atoms with Gasteiger partial charge in [-0.05, 0) is 83.6 Å². The SMILES string of the molecule is CSc1ccc(C(=O)N2CCC(Oc3ccc(COc4ccc(-c5ccc(C(=O)O)cc5)cc4)cc3)CC2)cc1. The number of hydrogen-bond donors (Lipinski definition) is 1. The summed E-state index contributed by atoms with van der Waals surface area (Å²) in [6.45, 7) is 1.81. The predicted octanol–water partition coefficient (Wildman–Crippen LogP) is 7.04. The van der Waals surface area contributed by atoms with E-state index in [1.54, 1.807) is 36.0 Å². The summed E-state index contributed by atoms with van der Waals surface area (Å²) in [5, 5.41) is 9.06. The summed E-state index contributed by atoms with van der Waals surface area (Å²) < 4.78 is 12.1. The lowest BCUT2D eigenvalue weighted by molar-refractivity contribution is 0.0594. The number of carboxylic acids is 1. The van der Waals surface area contributed by atoms with Crippen molar-refractivity contribution in [2.45, 2.75) is 30.4 Å². The zero-order chi connectivity index (χ0) is 27.9. The number of aromatic carboxylic acids is 1. The van der Waals surface area contributed by atoms with Crippen LogP contribution < -0.4 is 9.47 Å². The van der Waals surface area contributed by atoms with Gasteiger partial charge in [0.2, 0.25) is 0 Å². The number of nitrogens with zero attached hydrogens (tertiary/aromatic N) is 1. The average Bonchev–Trinajstić information content (AvgIpc) is 3.01. The molecule has 1 N–H and O–H groups in total.